The van der Waals surface area contributed by atoms with E-state index < -0.39 is 22.9 Å². The first kappa shape index (κ1) is 10.4. The zero-order valence-electron chi connectivity index (χ0n) is 7.41. The van der Waals surface area contributed by atoms with Gasteiger partial charge in [-0.05, 0) is 6.08 Å². The van der Waals surface area contributed by atoms with Gasteiger partial charge in [0.05, 0.1) is 18.1 Å². The van der Waals surface area contributed by atoms with Crippen molar-refractivity contribution in [3.63, 3.8) is 0 Å². The maximum atomic E-state index is 11.1. The largest absolute Gasteiger partial charge is 0.468 e. The van der Waals surface area contributed by atoms with Gasteiger partial charge in [-0.15, -0.1) is 0 Å². The number of esters is 1. The number of ether oxygens (including phenoxy) is 1. The van der Waals surface area contributed by atoms with Gasteiger partial charge >= 0.3 is 5.97 Å². The Bertz CT molecular complexity index is 320. The molecule has 0 fully saturated rings. The molecule has 0 aromatic heterocycles. The van der Waals surface area contributed by atoms with E-state index in [1.165, 1.54) is 6.08 Å². The maximum Gasteiger partial charge on any atom is 0.315 e. The molecule has 6 heteroatoms. The fourth-order valence-electron chi connectivity index (χ4n) is 1.12. The number of carbonyl (C=O) groups is 1. The van der Waals surface area contributed by atoms with Gasteiger partial charge in [0.1, 0.15) is 5.92 Å². The van der Waals surface area contributed by atoms with E-state index in [1.54, 1.807) is 0 Å². The highest BCUT2D eigenvalue weighted by Crippen LogP contribution is 2.18. The zero-order chi connectivity index (χ0) is 10.7. The maximum absolute atomic E-state index is 11.1. The second-order valence-electron chi connectivity index (χ2n) is 2.75. The van der Waals surface area contributed by atoms with Crippen LogP contribution in [0.5, 0.6) is 0 Å². The molecular formula is C8H9NO5. The third kappa shape index (κ3) is 1.97. The Morgan fingerprint density at radius 2 is 2.36 bits per heavy atom. The molecule has 0 bridgehead atoms. The average Bonchev–Trinajstić information content (AvgIpc) is 2.17. The molecule has 0 saturated carbocycles. The van der Waals surface area contributed by atoms with Gasteiger partial charge in [-0.3, -0.25) is 14.9 Å². The molecule has 0 aromatic rings. The van der Waals surface area contributed by atoms with Crippen LogP contribution in [0.15, 0.2) is 23.9 Å². The summed E-state index contributed by atoms with van der Waals surface area (Å²) in [5.74, 6) is -1.69. The summed E-state index contributed by atoms with van der Waals surface area (Å²) in [6.07, 6.45) is 2.37. The monoisotopic (exact) mass is 199 g/mol. The summed E-state index contributed by atoms with van der Waals surface area (Å²) in [5, 5.41) is 19.7. The van der Waals surface area contributed by atoms with E-state index in [1.807, 2.05) is 0 Å². The minimum Gasteiger partial charge on any atom is -0.468 e. The lowest BCUT2D eigenvalue weighted by Crippen LogP contribution is -2.29. The summed E-state index contributed by atoms with van der Waals surface area (Å²) in [6, 6.07) is 0. The van der Waals surface area contributed by atoms with Crippen molar-refractivity contribution >= 4 is 5.97 Å². The fraction of sp³-hybridized carbons (Fsp3) is 0.375. The lowest BCUT2D eigenvalue weighted by atomic mass is 9.96. The topological polar surface area (TPSA) is 89.7 Å². The SMILES string of the molecule is COC(=O)C1C=C([N+](=O)[O-])C=CC1O. The van der Waals surface area contributed by atoms with Crippen LogP contribution in [-0.2, 0) is 9.53 Å². The Kier molecular flexibility index (Phi) is 2.98. The number of aliphatic hydroxyl groups is 1. The van der Waals surface area contributed by atoms with Crippen molar-refractivity contribution in [1.29, 1.82) is 0 Å². The number of carbonyl (C=O) groups excluding carboxylic acids is 1. The van der Waals surface area contributed by atoms with Crippen molar-refractivity contribution in [2.75, 3.05) is 7.11 Å². The molecule has 1 aliphatic carbocycles. The zero-order valence-corrected chi connectivity index (χ0v) is 7.41. The number of rotatable bonds is 2. The molecule has 0 aromatic carbocycles. The van der Waals surface area contributed by atoms with E-state index in [0.29, 0.717) is 0 Å². The molecule has 0 amide bonds. The summed E-state index contributed by atoms with van der Waals surface area (Å²) in [5.41, 5.74) is -0.217. The fourth-order valence-corrected chi connectivity index (χ4v) is 1.12. The third-order valence-corrected chi connectivity index (χ3v) is 1.87. The number of nitro groups is 1. The Labute approximate surface area is 79.6 Å². The smallest absolute Gasteiger partial charge is 0.315 e. The van der Waals surface area contributed by atoms with Crippen LogP contribution in [0, 0.1) is 16.0 Å². The summed E-state index contributed by atoms with van der Waals surface area (Å²) < 4.78 is 4.39. The van der Waals surface area contributed by atoms with E-state index in [-0.39, 0.29) is 5.70 Å². The highest BCUT2D eigenvalue weighted by molar-refractivity contribution is 5.76. The van der Waals surface area contributed by atoms with Crippen molar-refractivity contribution in [2.45, 2.75) is 6.10 Å². The molecule has 14 heavy (non-hydrogen) atoms. The second-order valence-corrected chi connectivity index (χ2v) is 2.75. The molecule has 0 saturated heterocycles. The summed E-state index contributed by atoms with van der Waals surface area (Å²) in [6.45, 7) is 0. The molecule has 2 atom stereocenters. The summed E-state index contributed by atoms with van der Waals surface area (Å²) in [7, 11) is 1.16. The van der Waals surface area contributed by atoms with Gasteiger partial charge in [0.2, 0.25) is 0 Å². The van der Waals surface area contributed by atoms with Crippen LogP contribution in [0.25, 0.3) is 0 Å². The molecule has 2 unspecified atom stereocenters. The molecule has 1 N–H and O–H groups in total. The molecule has 0 spiro atoms. The van der Waals surface area contributed by atoms with Gasteiger partial charge in [0.15, 0.2) is 0 Å². The second kappa shape index (κ2) is 4.01. The van der Waals surface area contributed by atoms with Crippen LogP contribution in [0.1, 0.15) is 0 Å². The number of hydrogen-bond acceptors (Lipinski definition) is 5. The van der Waals surface area contributed by atoms with Gasteiger partial charge < -0.3 is 9.84 Å². The molecule has 0 heterocycles. The third-order valence-electron chi connectivity index (χ3n) is 1.87. The van der Waals surface area contributed by atoms with Crippen LogP contribution in [0.4, 0.5) is 0 Å². The van der Waals surface area contributed by atoms with E-state index >= 15 is 0 Å². The van der Waals surface area contributed by atoms with Crippen molar-refractivity contribution < 1.29 is 19.6 Å². The van der Waals surface area contributed by atoms with Crippen molar-refractivity contribution in [2.24, 2.45) is 5.92 Å². The van der Waals surface area contributed by atoms with Gasteiger partial charge in [-0.2, -0.15) is 0 Å². The van der Waals surface area contributed by atoms with Gasteiger partial charge in [-0.1, -0.05) is 0 Å². The molecule has 76 valence electrons. The average molecular weight is 199 g/mol. The molecule has 0 radical (unpaired) electrons. The number of hydrogen-bond donors (Lipinski definition) is 1. The Morgan fingerprint density at radius 3 is 2.86 bits per heavy atom. The van der Waals surface area contributed by atoms with Crippen molar-refractivity contribution in [3.05, 3.63) is 34.0 Å². The minimum atomic E-state index is -1.06. The summed E-state index contributed by atoms with van der Waals surface area (Å²) in [4.78, 5) is 20.8. The Morgan fingerprint density at radius 1 is 1.71 bits per heavy atom. The van der Waals surface area contributed by atoms with Crippen molar-refractivity contribution in [1.82, 2.24) is 0 Å². The Balaban J connectivity index is 2.90. The first-order valence-electron chi connectivity index (χ1n) is 3.86. The first-order chi connectivity index (χ1) is 6.56. The van der Waals surface area contributed by atoms with E-state index in [4.69, 9.17) is 0 Å². The van der Waals surface area contributed by atoms with Gasteiger partial charge in [0.25, 0.3) is 5.70 Å². The highest BCUT2D eigenvalue weighted by Gasteiger charge is 2.30. The highest BCUT2D eigenvalue weighted by atomic mass is 16.6. The quantitative estimate of drug-likeness (QED) is 0.380. The number of nitrogens with zero attached hydrogens (tertiary/aromatic N) is 1. The van der Waals surface area contributed by atoms with Gasteiger partial charge in [0, 0.05) is 12.2 Å². The number of allylic oxidation sites excluding steroid dienone is 1. The predicted molar refractivity (Wildman–Crippen MR) is 45.7 cm³/mol. The Hall–Kier alpha value is -1.69. The van der Waals surface area contributed by atoms with Crippen LogP contribution in [0.2, 0.25) is 0 Å². The number of aliphatic hydroxyl groups excluding tert-OH is 1. The first-order valence-corrected chi connectivity index (χ1v) is 3.86. The predicted octanol–water partition coefficient (Wildman–Crippen LogP) is -0.133. The molecule has 0 aliphatic heterocycles. The lowest BCUT2D eigenvalue weighted by Gasteiger charge is -2.16. The van der Waals surface area contributed by atoms with E-state index in [0.717, 1.165) is 19.3 Å². The molecule has 6 nitrogen and oxygen atoms in total. The van der Waals surface area contributed by atoms with Crippen molar-refractivity contribution in [3.8, 4) is 0 Å². The van der Waals surface area contributed by atoms with Gasteiger partial charge in [-0.25, -0.2) is 0 Å². The molecule has 1 aliphatic rings. The minimum absolute atomic E-state index is 0.217. The lowest BCUT2D eigenvalue weighted by molar-refractivity contribution is -0.419. The molecule has 1 rings (SSSR count). The normalized spacial score (nSPS) is 25.4. The van der Waals surface area contributed by atoms with Crippen LogP contribution in [-0.4, -0.2) is 29.2 Å². The standard InChI is InChI=1S/C8H9NO5/c1-14-8(11)6-4-5(9(12)13)2-3-7(6)10/h2-4,6-7,10H,1H3. The number of methoxy groups -OCH3 is 1. The summed E-state index contributed by atoms with van der Waals surface area (Å²) >= 11 is 0. The van der Waals surface area contributed by atoms with Crippen LogP contribution < -0.4 is 0 Å². The van der Waals surface area contributed by atoms with E-state index in [2.05, 4.69) is 4.74 Å². The van der Waals surface area contributed by atoms with Crippen LogP contribution in [0.3, 0.4) is 0 Å². The van der Waals surface area contributed by atoms with E-state index in [9.17, 15) is 20.0 Å². The van der Waals surface area contributed by atoms with Crippen LogP contribution >= 0.6 is 0 Å². The molecular weight excluding hydrogens is 190 g/mol.